The first-order chi connectivity index (χ1) is 13.2. The van der Waals surface area contributed by atoms with E-state index < -0.39 is 0 Å². The summed E-state index contributed by atoms with van der Waals surface area (Å²) in [6, 6.07) is 15.8. The zero-order valence-corrected chi connectivity index (χ0v) is 15.4. The quantitative estimate of drug-likeness (QED) is 0.742. The lowest BCUT2D eigenvalue weighted by Gasteiger charge is -2.24. The van der Waals surface area contributed by atoms with E-state index in [4.69, 9.17) is 4.42 Å². The number of piperidine rings is 1. The van der Waals surface area contributed by atoms with Gasteiger partial charge in [-0.2, -0.15) is 0 Å². The van der Waals surface area contributed by atoms with Crippen molar-refractivity contribution in [1.82, 2.24) is 15.6 Å². The van der Waals surface area contributed by atoms with Gasteiger partial charge in [-0.15, -0.1) is 0 Å². The molecule has 0 bridgehead atoms. The fraction of sp³-hybridized carbons (Fsp3) is 0.273. The molecule has 1 aliphatic rings. The van der Waals surface area contributed by atoms with E-state index in [2.05, 4.69) is 15.6 Å². The number of hydrogen-bond donors (Lipinski definition) is 2. The summed E-state index contributed by atoms with van der Waals surface area (Å²) in [5.74, 6) is 1.08. The smallest absolute Gasteiger partial charge is 0.252 e. The molecule has 1 fully saturated rings. The normalized spacial score (nSPS) is 14.9. The number of aromatic nitrogens is 1. The summed E-state index contributed by atoms with van der Waals surface area (Å²) in [4.78, 5) is 17.2. The van der Waals surface area contributed by atoms with Gasteiger partial charge < -0.3 is 15.1 Å². The highest BCUT2D eigenvalue weighted by Gasteiger charge is 2.20. The molecule has 5 heteroatoms. The molecule has 2 aromatic carbocycles. The Labute approximate surface area is 158 Å². The van der Waals surface area contributed by atoms with Crippen LogP contribution >= 0.6 is 0 Å². The minimum absolute atomic E-state index is 0.0763. The van der Waals surface area contributed by atoms with E-state index in [1.807, 2.05) is 55.5 Å². The third kappa shape index (κ3) is 3.93. The van der Waals surface area contributed by atoms with Crippen LogP contribution in [-0.2, 0) is 0 Å². The average Bonchev–Trinajstić information content (AvgIpc) is 3.19. The maximum absolute atomic E-state index is 12.8. The van der Waals surface area contributed by atoms with Crippen LogP contribution in [0.15, 0.2) is 59.1 Å². The van der Waals surface area contributed by atoms with Crippen LogP contribution in [0.1, 0.15) is 28.8 Å². The molecule has 5 nitrogen and oxygen atoms in total. The number of benzene rings is 2. The Morgan fingerprint density at radius 2 is 1.85 bits per heavy atom. The Morgan fingerprint density at radius 3 is 2.63 bits per heavy atom. The van der Waals surface area contributed by atoms with Gasteiger partial charge in [0, 0.05) is 17.2 Å². The third-order valence-corrected chi connectivity index (χ3v) is 4.92. The molecule has 2 heterocycles. The van der Waals surface area contributed by atoms with Gasteiger partial charge in [-0.3, -0.25) is 4.79 Å². The summed E-state index contributed by atoms with van der Waals surface area (Å²) in [6.07, 6.45) is 3.61. The summed E-state index contributed by atoms with van der Waals surface area (Å²) in [5, 5.41) is 6.45. The number of carbonyl (C=O) groups excluding carboxylic acids is 1. The van der Waals surface area contributed by atoms with Gasteiger partial charge in [-0.05, 0) is 45.0 Å². The van der Waals surface area contributed by atoms with Crippen LogP contribution in [0.3, 0.4) is 0 Å². The molecule has 0 unspecified atom stereocenters. The van der Waals surface area contributed by atoms with E-state index in [1.165, 1.54) is 5.56 Å². The highest BCUT2D eigenvalue weighted by molar-refractivity contribution is 6.00. The SMILES string of the molecule is Cc1ccc(-c2cnc(-c3ccccc3C(=O)NC3CCNCC3)o2)cc1. The van der Waals surface area contributed by atoms with Gasteiger partial charge in [-0.25, -0.2) is 4.98 Å². The molecule has 4 rings (SSSR count). The largest absolute Gasteiger partial charge is 0.436 e. The molecular formula is C22H23N3O2. The minimum Gasteiger partial charge on any atom is -0.436 e. The van der Waals surface area contributed by atoms with Crippen molar-refractivity contribution in [2.45, 2.75) is 25.8 Å². The molecule has 1 saturated heterocycles. The number of aryl methyl sites for hydroxylation is 1. The van der Waals surface area contributed by atoms with Gasteiger partial charge in [0.2, 0.25) is 5.89 Å². The summed E-state index contributed by atoms with van der Waals surface area (Å²) in [7, 11) is 0. The van der Waals surface area contributed by atoms with Gasteiger partial charge in [0.1, 0.15) is 0 Å². The molecule has 27 heavy (non-hydrogen) atoms. The van der Waals surface area contributed by atoms with Crippen LogP contribution in [0, 0.1) is 6.92 Å². The maximum atomic E-state index is 12.8. The van der Waals surface area contributed by atoms with Crippen LogP contribution in [0.25, 0.3) is 22.8 Å². The van der Waals surface area contributed by atoms with Crippen LogP contribution in [0.2, 0.25) is 0 Å². The minimum atomic E-state index is -0.0763. The highest BCUT2D eigenvalue weighted by Crippen LogP contribution is 2.28. The van der Waals surface area contributed by atoms with Crippen molar-refractivity contribution in [2.75, 3.05) is 13.1 Å². The molecule has 0 aliphatic carbocycles. The highest BCUT2D eigenvalue weighted by atomic mass is 16.4. The summed E-state index contributed by atoms with van der Waals surface area (Å²) < 4.78 is 5.98. The number of hydrogen-bond acceptors (Lipinski definition) is 4. The average molecular weight is 361 g/mol. The lowest BCUT2D eigenvalue weighted by Crippen LogP contribution is -2.42. The number of carbonyl (C=O) groups is 1. The zero-order valence-electron chi connectivity index (χ0n) is 15.4. The van der Waals surface area contributed by atoms with Crippen LogP contribution in [-0.4, -0.2) is 30.0 Å². The first-order valence-electron chi connectivity index (χ1n) is 9.34. The van der Waals surface area contributed by atoms with E-state index in [-0.39, 0.29) is 11.9 Å². The molecule has 0 saturated carbocycles. The van der Waals surface area contributed by atoms with E-state index in [9.17, 15) is 4.79 Å². The third-order valence-electron chi connectivity index (χ3n) is 4.92. The second kappa shape index (κ2) is 7.76. The Bertz CT molecular complexity index is 925. The predicted octanol–water partition coefficient (Wildman–Crippen LogP) is 3.80. The van der Waals surface area contributed by atoms with Gasteiger partial charge in [-0.1, -0.05) is 42.0 Å². The number of amides is 1. The second-order valence-corrected chi connectivity index (χ2v) is 6.94. The predicted molar refractivity (Wildman–Crippen MR) is 105 cm³/mol. The number of nitrogens with one attached hydrogen (secondary N) is 2. The van der Waals surface area contributed by atoms with Crippen molar-refractivity contribution in [2.24, 2.45) is 0 Å². The molecule has 2 N–H and O–H groups in total. The standard InChI is InChI=1S/C22H23N3O2/c1-15-6-8-16(9-7-15)20-14-24-22(27-20)19-5-3-2-4-18(19)21(26)25-17-10-12-23-13-11-17/h2-9,14,17,23H,10-13H2,1H3,(H,25,26). The van der Waals surface area contributed by atoms with Crippen molar-refractivity contribution >= 4 is 5.91 Å². The molecule has 1 amide bonds. The summed E-state index contributed by atoms with van der Waals surface area (Å²) >= 11 is 0. The Kier molecular flexibility index (Phi) is 5.03. The van der Waals surface area contributed by atoms with Crippen LogP contribution < -0.4 is 10.6 Å². The number of nitrogens with zero attached hydrogens (tertiary/aromatic N) is 1. The van der Waals surface area contributed by atoms with E-state index in [1.54, 1.807) is 6.20 Å². The van der Waals surface area contributed by atoms with Crippen LogP contribution in [0.5, 0.6) is 0 Å². The van der Waals surface area contributed by atoms with Crippen molar-refractivity contribution in [1.29, 1.82) is 0 Å². The van der Waals surface area contributed by atoms with E-state index in [0.29, 0.717) is 22.8 Å². The maximum Gasteiger partial charge on any atom is 0.252 e. The second-order valence-electron chi connectivity index (χ2n) is 6.94. The summed E-state index contributed by atoms with van der Waals surface area (Å²) in [5.41, 5.74) is 3.46. The first-order valence-corrected chi connectivity index (χ1v) is 9.34. The molecule has 0 atom stereocenters. The zero-order chi connectivity index (χ0) is 18.6. The Hall–Kier alpha value is -2.92. The van der Waals surface area contributed by atoms with Crippen LogP contribution in [0.4, 0.5) is 0 Å². The lowest BCUT2D eigenvalue weighted by atomic mass is 10.0. The van der Waals surface area contributed by atoms with Crippen molar-refractivity contribution in [3.8, 4) is 22.8 Å². The Morgan fingerprint density at radius 1 is 1.11 bits per heavy atom. The van der Waals surface area contributed by atoms with E-state index >= 15 is 0 Å². The van der Waals surface area contributed by atoms with Crippen molar-refractivity contribution < 1.29 is 9.21 Å². The lowest BCUT2D eigenvalue weighted by molar-refractivity contribution is 0.0930. The molecule has 1 aliphatic heterocycles. The summed E-state index contributed by atoms with van der Waals surface area (Å²) in [6.45, 7) is 3.92. The van der Waals surface area contributed by atoms with Gasteiger partial charge in [0.15, 0.2) is 5.76 Å². The van der Waals surface area contributed by atoms with Gasteiger partial charge in [0.25, 0.3) is 5.91 Å². The fourth-order valence-corrected chi connectivity index (χ4v) is 3.35. The monoisotopic (exact) mass is 361 g/mol. The Balaban J connectivity index is 1.59. The molecule has 138 valence electrons. The first kappa shape index (κ1) is 17.5. The van der Waals surface area contributed by atoms with Gasteiger partial charge in [0.05, 0.1) is 11.8 Å². The van der Waals surface area contributed by atoms with E-state index in [0.717, 1.165) is 31.5 Å². The fourth-order valence-electron chi connectivity index (χ4n) is 3.35. The molecule has 0 radical (unpaired) electrons. The molecule has 1 aromatic heterocycles. The van der Waals surface area contributed by atoms with Crippen molar-refractivity contribution in [3.05, 3.63) is 65.9 Å². The molecular weight excluding hydrogens is 338 g/mol. The molecule has 0 spiro atoms. The number of rotatable bonds is 4. The van der Waals surface area contributed by atoms with Gasteiger partial charge >= 0.3 is 0 Å². The number of oxazole rings is 1. The van der Waals surface area contributed by atoms with Crippen molar-refractivity contribution in [3.63, 3.8) is 0 Å². The molecule has 3 aromatic rings. The topological polar surface area (TPSA) is 67.2 Å².